The lowest BCUT2D eigenvalue weighted by molar-refractivity contribution is 0.575. The van der Waals surface area contributed by atoms with Gasteiger partial charge in [0.05, 0.1) is 21.3 Å². The molecule has 0 bridgehead atoms. The normalized spacial score (nSPS) is 22.0. The van der Waals surface area contributed by atoms with Crippen LogP contribution in [0.3, 0.4) is 0 Å². The van der Waals surface area contributed by atoms with Gasteiger partial charge in [-0.25, -0.2) is 16.8 Å². The topological polar surface area (TPSA) is 68.3 Å². The van der Waals surface area contributed by atoms with E-state index >= 15 is 0 Å². The number of hydrogen-bond acceptors (Lipinski definition) is 4. The largest absolute Gasteiger partial charge is 0.224 e. The summed E-state index contributed by atoms with van der Waals surface area (Å²) in [5.41, 5.74) is 0. The summed E-state index contributed by atoms with van der Waals surface area (Å²) < 4.78 is 45.8. The first-order chi connectivity index (χ1) is 6.43. The van der Waals surface area contributed by atoms with Crippen molar-refractivity contribution in [3.05, 3.63) is 24.3 Å². The van der Waals surface area contributed by atoms with Crippen molar-refractivity contribution in [2.24, 2.45) is 0 Å². The van der Waals surface area contributed by atoms with Crippen LogP contribution in [0.25, 0.3) is 0 Å². The fourth-order valence-electron chi connectivity index (χ4n) is 1.28. The molecule has 0 radical (unpaired) electrons. The molecule has 0 aliphatic carbocycles. The van der Waals surface area contributed by atoms with E-state index < -0.39 is 19.7 Å². The number of rotatable bonds is 0. The Kier molecular flexibility index (Phi) is 1.84. The molecule has 1 aliphatic rings. The molecule has 0 N–H and O–H groups in total. The van der Waals surface area contributed by atoms with Crippen LogP contribution < -0.4 is 0 Å². The third-order valence-electron chi connectivity index (χ3n) is 2.02. The van der Waals surface area contributed by atoms with Crippen molar-refractivity contribution in [1.29, 1.82) is 0 Å². The molecule has 1 aromatic carbocycles. The first-order valence-electron chi connectivity index (χ1n) is 3.81. The van der Waals surface area contributed by atoms with Crippen molar-refractivity contribution < 1.29 is 16.8 Å². The molecule has 2 rings (SSSR count). The SMILES string of the molecule is O=S1(=O)CCS(=O)(=O)c2cc#ccc21. The Morgan fingerprint density at radius 3 is 1.57 bits per heavy atom. The second kappa shape index (κ2) is 2.72. The summed E-state index contributed by atoms with van der Waals surface area (Å²) >= 11 is 0. The van der Waals surface area contributed by atoms with Crippen LogP contribution in [0.4, 0.5) is 0 Å². The zero-order valence-corrected chi connectivity index (χ0v) is 8.65. The summed E-state index contributed by atoms with van der Waals surface area (Å²) in [5.74, 6) is -0.694. The molecule has 0 atom stereocenters. The van der Waals surface area contributed by atoms with E-state index in [1.165, 1.54) is 0 Å². The number of fused-ring (bicyclic) bond motifs is 1. The van der Waals surface area contributed by atoms with E-state index in [0.29, 0.717) is 0 Å². The van der Waals surface area contributed by atoms with E-state index in [2.05, 4.69) is 12.1 Å². The van der Waals surface area contributed by atoms with Gasteiger partial charge in [0, 0.05) is 12.1 Å². The average molecular weight is 230 g/mol. The van der Waals surface area contributed by atoms with Gasteiger partial charge in [-0.15, -0.1) is 0 Å². The highest BCUT2D eigenvalue weighted by molar-refractivity contribution is 7.97. The summed E-state index contributed by atoms with van der Waals surface area (Å²) in [4.78, 5) is -0.301. The summed E-state index contributed by atoms with van der Waals surface area (Å²) in [5, 5.41) is 0. The molecular formula is C8H6O4S2. The van der Waals surface area contributed by atoms with Gasteiger partial charge in [-0.05, 0) is 0 Å². The smallest absolute Gasteiger partial charge is 0.181 e. The highest BCUT2D eigenvalue weighted by Gasteiger charge is 2.32. The Bertz CT molecular complexity index is 516. The third kappa shape index (κ3) is 1.29. The Hall–Kier alpha value is -1.06. The lowest BCUT2D eigenvalue weighted by atomic mass is 10.4. The fraction of sp³-hybridized carbons (Fsp3) is 0.250. The maximum absolute atomic E-state index is 11.5. The molecule has 0 aromatic heterocycles. The van der Waals surface area contributed by atoms with Gasteiger partial charge in [0.2, 0.25) is 0 Å². The fourth-order valence-corrected chi connectivity index (χ4v) is 5.45. The molecule has 6 heteroatoms. The van der Waals surface area contributed by atoms with Gasteiger partial charge >= 0.3 is 0 Å². The summed E-state index contributed by atoms with van der Waals surface area (Å²) in [6.45, 7) is 0. The molecule has 74 valence electrons. The second-order valence-corrected chi connectivity index (χ2v) is 7.10. The van der Waals surface area contributed by atoms with Gasteiger partial charge in [-0.1, -0.05) is 12.1 Å². The van der Waals surface area contributed by atoms with Crippen molar-refractivity contribution in [1.82, 2.24) is 0 Å². The van der Waals surface area contributed by atoms with Crippen molar-refractivity contribution in [3.63, 3.8) is 0 Å². The van der Waals surface area contributed by atoms with Gasteiger partial charge < -0.3 is 0 Å². The van der Waals surface area contributed by atoms with Gasteiger partial charge in [0.1, 0.15) is 0 Å². The van der Waals surface area contributed by atoms with E-state index in [0.717, 1.165) is 12.1 Å². The van der Waals surface area contributed by atoms with E-state index in [1.54, 1.807) is 0 Å². The minimum atomic E-state index is -3.44. The molecule has 4 nitrogen and oxygen atoms in total. The monoisotopic (exact) mass is 230 g/mol. The molecule has 1 aliphatic heterocycles. The van der Waals surface area contributed by atoms with Gasteiger partial charge in [0.15, 0.2) is 19.7 Å². The van der Waals surface area contributed by atoms with E-state index in [1.807, 2.05) is 0 Å². The lowest BCUT2D eigenvalue weighted by Gasteiger charge is -2.14. The molecule has 0 amide bonds. The van der Waals surface area contributed by atoms with Crippen LogP contribution in [-0.4, -0.2) is 28.3 Å². The molecule has 0 saturated heterocycles. The van der Waals surface area contributed by atoms with E-state index in [-0.39, 0.29) is 21.3 Å². The van der Waals surface area contributed by atoms with Crippen LogP contribution in [0.1, 0.15) is 0 Å². The summed E-state index contributed by atoms with van der Waals surface area (Å²) in [7, 11) is -6.89. The minimum absolute atomic E-state index is 0.150. The van der Waals surface area contributed by atoms with Crippen LogP contribution in [-0.2, 0) is 19.7 Å². The first-order valence-corrected chi connectivity index (χ1v) is 7.11. The van der Waals surface area contributed by atoms with Crippen molar-refractivity contribution >= 4 is 19.7 Å². The van der Waals surface area contributed by atoms with Crippen LogP contribution in [0.2, 0.25) is 0 Å². The highest BCUT2D eigenvalue weighted by Crippen LogP contribution is 2.26. The van der Waals surface area contributed by atoms with Gasteiger partial charge in [-0.3, -0.25) is 0 Å². The van der Waals surface area contributed by atoms with Crippen molar-refractivity contribution in [3.8, 4) is 0 Å². The molecule has 0 saturated carbocycles. The van der Waals surface area contributed by atoms with Crippen LogP contribution in [0.5, 0.6) is 0 Å². The van der Waals surface area contributed by atoms with Gasteiger partial charge in [-0.2, -0.15) is 0 Å². The van der Waals surface area contributed by atoms with Crippen molar-refractivity contribution in [2.75, 3.05) is 11.5 Å². The Morgan fingerprint density at radius 1 is 0.857 bits per heavy atom. The number of sulfone groups is 2. The average Bonchev–Trinajstić information content (AvgIpc) is 2.14. The highest BCUT2D eigenvalue weighted by atomic mass is 32.2. The van der Waals surface area contributed by atoms with Crippen LogP contribution >= 0.6 is 0 Å². The zero-order chi connectivity index (χ0) is 10.4. The first kappa shape index (κ1) is 9.49. The molecule has 1 heterocycles. The standard InChI is InChI=1S/C8H6O4S2/c9-13(10)5-6-14(11,12)8-4-2-1-3-7(8)13/h3-4H,5-6H2. The summed E-state index contributed by atoms with van der Waals surface area (Å²) in [6.07, 6.45) is 0. The number of hydrogen-bond donors (Lipinski definition) is 0. The molecule has 14 heavy (non-hydrogen) atoms. The van der Waals surface area contributed by atoms with E-state index in [9.17, 15) is 16.8 Å². The second-order valence-electron chi connectivity index (χ2n) is 2.94. The van der Waals surface area contributed by atoms with Crippen LogP contribution in [0.15, 0.2) is 21.9 Å². The lowest BCUT2D eigenvalue weighted by Crippen LogP contribution is -2.25. The van der Waals surface area contributed by atoms with Crippen LogP contribution in [0, 0.1) is 12.1 Å². The molecule has 1 aromatic rings. The predicted molar refractivity (Wildman–Crippen MR) is 48.2 cm³/mol. The van der Waals surface area contributed by atoms with Gasteiger partial charge in [0.25, 0.3) is 0 Å². The molecule has 0 spiro atoms. The maximum Gasteiger partial charge on any atom is 0.181 e. The third-order valence-corrected chi connectivity index (χ3v) is 5.91. The quantitative estimate of drug-likeness (QED) is 0.621. The molecule has 0 fully saturated rings. The zero-order valence-electron chi connectivity index (χ0n) is 7.02. The Labute approximate surface area is 82.4 Å². The Morgan fingerprint density at radius 2 is 1.21 bits per heavy atom. The molecular weight excluding hydrogens is 224 g/mol. The molecule has 0 unspecified atom stereocenters. The minimum Gasteiger partial charge on any atom is -0.224 e. The van der Waals surface area contributed by atoms with Crippen molar-refractivity contribution in [2.45, 2.75) is 9.79 Å². The Balaban J connectivity index is 2.87. The predicted octanol–water partition coefficient (Wildman–Crippen LogP) is -0.152. The summed E-state index contributed by atoms with van der Waals surface area (Å²) in [6, 6.07) is 7.20. The van der Waals surface area contributed by atoms with E-state index in [4.69, 9.17) is 0 Å². The maximum atomic E-state index is 11.5.